The summed E-state index contributed by atoms with van der Waals surface area (Å²) in [5.74, 6) is 2.36. The maximum absolute atomic E-state index is 11.6. The second-order valence-electron chi connectivity index (χ2n) is 6.72. The fourth-order valence-electron chi connectivity index (χ4n) is 3.68. The first kappa shape index (κ1) is 15.7. The largest absolute Gasteiger partial charge is 0.302 e. The number of rotatable bonds is 3. The van der Waals surface area contributed by atoms with E-state index in [2.05, 4.69) is 33.8 Å². The molecule has 112 valence electrons. The molecule has 0 spiro atoms. The zero-order valence-electron chi connectivity index (χ0n) is 12.9. The highest BCUT2D eigenvalue weighted by Gasteiger charge is 2.33. The number of hydrogen-bond acceptors (Lipinski definition) is 1. The van der Waals surface area contributed by atoms with Crippen molar-refractivity contribution in [2.24, 2.45) is 17.8 Å². The van der Waals surface area contributed by atoms with Gasteiger partial charge in [-0.25, -0.2) is 4.21 Å². The Labute approximate surface area is 125 Å². The van der Waals surface area contributed by atoms with E-state index in [1.54, 1.807) is 0 Å². The zero-order valence-corrected chi connectivity index (χ0v) is 13.7. The molecule has 0 radical (unpaired) electrons. The molecule has 0 heterocycles. The number of benzene rings is 1. The van der Waals surface area contributed by atoms with E-state index in [0.717, 1.165) is 12.0 Å². The summed E-state index contributed by atoms with van der Waals surface area (Å²) in [5, 5.41) is 0. The molecule has 2 rings (SSSR count). The van der Waals surface area contributed by atoms with E-state index < -0.39 is 11.1 Å². The second kappa shape index (κ2) is 6.40. The van der Waals surface area contributed by atoms with Gasteiger partial charge in [-0.15, -0.1) is 0 Å². The van der Waals surface area contributed by atoms with Crippen molar-refractivity contribution in [3.8, 4) is 0 Å². The molecule has 1 N–H and O–H groups in total. The van der Waals surface area contributed by atoms with E-state index in [-0.39, 0.29) is 0 Å². The lowest BCUT2D eigenvalue weighted by Crippen LogP contribution is -2.27. The predicted molar refractivity (Wildman–Crippen MR) is 84.3 cm³/mol. The molecule has 4 unspecified atom stereocenters. The Morgan fingerprint density at radius 1 is 1.30 bits per heavy atom. The van der Waals surface area contributed by atoms with Crippen LogP contribution in [0.1, 0.15) is 57.1 Å². The van der Waals surface area contributed by atoms with Crippen molar-refractivity contribution in [2.45, 2.75) is 57.8 Å². The standard InChI is InChI=1S/C17H26O2S/c1-11(2)14-7-5-12(3)9-15(14)16-10-13(4)6-8-17(16)20(18)19/h6,8,10-12,14-15H,5,7,9H2,1-4H3,(H,18,19). The highest BCUT2D eigenvalue weighted by Crippen LogP contribution is 2.45. The molecule has 0 saturated heterocycles. The van der Waals surface area contributed by atoms with Crippen LogP contribution in [0, 0.1) is 24.7 Å². The van der Waals surface area contributed by atoms with Gasteiger partial charge in [0, 0.05) is 0 Å². The van der Waals surface area contributed by atoms with Crippen LogP contribution in [0.25, 0.3) is 0 Å². The third-order valence-corrected chi connectivity index (χ3v) is 5.52. The molecule has 0 bridgehead atoms. The SMILES string of the molecule is Cc1ccc(S(=O)O)c(C2CC(C)CCC2C(C)C)c1. The lowest BCUT2D eigenvalue weighted by molar-refractivity contribution is 0.195. The first-order valence-electron chi connectivity index (χ1n) is 7.61. The molecule has 3 heteroatoms. The van der Waals surface area contributed by atoms with Crippen molar-refractivity contribution in [2.75, 3.05) is 0 Å². The Hall–Kier alpha value is -0.670. The molecule has 1 aromatic rings. The van der Waals surface area contributed by atoms with E-state index in [0.29, 0.717) is 28.6 Å². The van der Waals surface area contributed by atoms with Crippen LogP contribution >= 0.6 is 0 Å². The van der Waals surface area contributed by atoms with Crippen molar-refractivity contribution in [1.82, 2.24) is 0 Å². The van der Waals surface area contributed by atoms with Crippen LogP contribution in [0.3, 0.4) is 0 Å². The number of aryl methyl sites for hydroxylation is 1. The first-order chi connectivity index (χ1) is 9.40. The number of hydrogen-bond donors (Lipinski definition) is 1. The third kappa shape index (κ3) is 3.32. The second-order valence-corrected chi connectivity index (χ2v) is 7.66. The average molecular weight is 294 g/mol. The van der Waals surface area contributed by atoms with Crippen LogP contribution in [0.5, 0.6) is 0 Å². The van der Waals surface area contributed by atoms with Gasteiger partial charge >= 0.3 is 0 Å². The smallest absolute Gasteiger partial charge is 0.186 e. The quantitative estimate of drug-likeness (QED) is 0.817. The highest BCUT2D eigenvalue weighted by molar-refractivity contribution is 7.79. The maximum atomic E-state index is 11.6. The van der Waals surface area contributed by atoms with E-state index >= 15 is 0 Å². The molecule has 20 heavy (non-hydrogen) atoms. The van der Waals surface area contributed by atoms with Crippen LogP contribution in [-0.2, 0) is 11.1 Å². The summed E-state index contributed by atoms with van der Waals surface area (Å²) in [4.78, 5) is 0.611. The summed E-state index contributed by atoms with van der Waals surface area (Å²) in [5.41, 5.74) is 2.28. The predicted octanol–water partition coefficient (Wildman–Crippen LogP) is 4.75. The van der Waals surface area contributed by atoms with Gasteiger partial charge in [-0.1, -0.05) is 44.9 Å². The van der Waals surface area contributed by atoms with Gasteiger partial charge in [-0.05, 0) is 55.1 Å². The molecular weight excluding hydrogens is 268 g/mol. The Kier molecular flexibility index (Phi) is 5.03. The van der Waals surface area contributed by atoms with Crippen LogP contribution in [0.4, 0.5) is 0 Å². The monoisotopic (exact) mass is 294 g/mol. The lowest BCUT2D eigenvalue weighted by Gasteiger charge is -2.38. The van der Waals surface area contributed by atoms with Crippen LogP contribution in [-0.4, -0.2) is 8.76 Å². The molecule has 0 aromatic heterocycles. The molecule has 1 aliphatic rings. The van der Waals surface area contributed by atoms with Gasteiger partial charge in [0.15, 0.2) is 11.1 Å². The normalized spacial score (nSPS) is 28.6. The third-order valence-electron chi connectivity index (χ3n) is 4.78. The minimum atomic E-state index is -1.89. The van der Waals surface area contributed by atoms with Gasteiger partial charge in [0.2, 0.25) is 0 Å². The lowest BCUT2D eigenvalue weighted by atomic mass is 9.67. The average Bonchev–Trinajstić information content (AvgIpc) is 2.37. The molecule has 0 amide bonds. The summed E-state index contributed by atoms with van der Waals surface area (Å²) in [6.45, 7) is 8.91. The summed E-state index contributed by atoms with van der Waals surface area (Å²) < 4.78 is 21.2. The van der Waals surface area contributed by atoms with Crippen LogP contribution in [0.15, 0.2) is 23.1 Å². The fourth-order valence-corrected chi connectivity index (χ4v) is 4.27. The fraction of sp³-hybridized carbons (Fsp3) is 0.647. The molecule has 0 aliphatic heterocycles. The van der Waals surface area contributed by atoms with Gasteiger partial charge in [0.25, 0.3) is 0 Å². The van der Waals surface area contributed by atoms with Gasteiger partial charge in [0.1, 0.15) is 0 Å². The summed E-state index contributed by atoms with van der Waals surface area (Å²) in [6.07, 6.45) is 3.65. The van der Waals surface area contributed by atoms with E-state index in [1.807, 2.05) is 12.1 Å². The maximum Gasteiger partial charge on any atom is 0.186 e. The van der Waals surface area contributed by atoms with E-state index in [9.17, 15) is 8.76 Å². The highest BCUT2D eigenvalue weighted by atomic mass is 32.2. The van der Waals surface area contributed by atoms with Gasteiger partial charge in [-0.2, -0.15) is 0 Å². The minimum Gasteiger partial charge on any atom is -0.302 e. The Morgan fingerprint density at radius 2 is 2.00 bits per heavy atom. The Bertz CT molecular complexity index is 496. The first-order valence-corrected chi connectivity index (χ1v) is 8.72. The van der Waals surface area contributed by atoms with Crippen molar-refractivity contribution < 1.29 is 8.76 Å². The van der Waals surface area contributed by atoms with E-state index in [4.69, 9.17) is 0 Å². The molecule has 4 atom stereocenters. The molecule has 1 fully saturated rings. The summed E-state index contributed by atoms with van der Waals surface area (Å²) >= 11 is -1.89. The molecule has 1 saturated carbocycles. The van der Waals surface area contributed by atoms with Crippen LogP contribution in [0.2, 0.25) is 0 Å². The van der Waals surface area contributed by atoms with Crippen molar-refractivity contribution in [3.63, 3.8) is 0 Å². The topological polar surface area (TPSA) is 37.3 Å². The van der Waals surface area contributed by atoms with Crippen molar-refractivity contribution in [1.29, 1.82) is 0 Å². The van der Waals surface area contributed by atoms with Crippen molar-refractivity contribution >= 4 is 11.1 Å². The van der Waals surface area contributed by atoms with Crippen molar-refractivity contribution in [3.05, 3.63) is 29.3 Å². The van der Waals surface area contributed by atoms with Gasteiger partial charge in [0.05, 0.1) is 4.90 Å². The molecular formula is C17H26O2S. The molecule has 1 aliphatic carbocycles. The van der Waals surface area contributed by atoms with Crippen LogP contribution < -0.4 is 0 Å². The molecule has 1 aromatic carbocycles. The van der Waals surface area contributed by atoms with Gasteiger partial charge in [-0.3, -0.25) is 0 Å². The van der Waals surface area contributed by atoms with Gasteiger partial charge < -0.3 is 4.55 Å². The Morgan fingerprint density at radius 3 is 2.60 bits per heavy atom. The Balaban J connectivity index is 2.45. The zero-order chi connectivity index (χ0) is 14.9. The summed E-state index contributed by atoms with van der Waals surface area (Å²) in [7, 11) is 0. The molecule has 2 nitrogen and oxygen atoms in total. The minimum absolute atomic E-state index is 0.421. The summed E-state index contributed by atoms with van der Waals surface area (Å²) in [6, 6.07) is 5.89. The van der Waals surface area contributed by atoms with E-state index in [1.165, 1.54) is 18.4 Å².